The van der Waals surface area contributed by atoms with Crippen LogP contribution in [0.15, 0.2) is 54.6 Å². The molecule has 0 saturated heterocycles. The molecule has 0 spiro atoms. The van der Waals surface area contributed by atoms with E-state index in [0.717, 1.165) is 44.7 Å². The van der Waals surface area contributed by atoms with Crippen molar-refractivity contribution in [3.63, 3.8) is 0 Å². The van der Waals surface area contributed by atoms with Gasteiger partial charge in [0.15, 0.2) is 0 Å². The lowest BCUT2D eigenvalue weighted by molar-refractivity contribution is 0.0528. The van der Waals surface area contributed by atoms with Crippen LogP contribution in [-0.4, -0.2) is 18.7 Å². The molecule has 0 aliphatic heterocycles. The molecule has 3 aromatic carbocycles. The first kappa shape index (κ1) is 21.0. The average molecular weight is 446 g/mol. The minimum Gasteiger partial charge on any atom is -0.490 e. The number of nitrogens with two attached hydrogens (primary N) is 1. The number of hydrogen-bond acceptors (Lipinski definition) is 5. The van der Waals surface area contributed by atoms with E-state index in [9.17, 15) is 4.79 Å². The van der Waals surface area contributed by atoms with Crippen LogP contribution in [0.5, 0.6) is 5.75 Å². The molecule has 1 aliphatic carbocycles. The molecular formula is C27H27NO3S. The summed E-state index contributed by atoms with van der Waals surface area (Å²) in [6.45, 7) is 2.46. The van der Waals surface area contributed by atoms with Gasteiger partial charge in [-0.1, -0.05) is 42.5 Å². The molecule has 1 saturated carbocycles. The van der Waals surface area contributed by atoms with Gasteiger partial charge >= 0.3 is 5.97 Å². The van der Waals surface area contributed by atoms with Crippen molar-refractivity contribution in [2.24, 2.45) is 5.73 Å². The number of thiophene rings is 1. The number of benzene rings is 3. The molecule has 32 heavy (non-hydrogen) atoms. The summed E-state index contributed by atoms with van der Waals surface area (Å²) < 4.78 is 13.0. The topological polar surface area (TPSA) is 61.5 Å². The summed E-state index contributed by atoms with van der Waals surface area (Å²) in [5.41, 5.74) is 8.79. The van der Waals surface area contributed by atoms with Gasteiger partial charge in [-0.15, -0.1) is 11.3 Å². The number of esters is 1. The van der Waals surface area contributed by atoms with Crippen LogP contribution in [0.3, 0.4) is 0 Å². The zero-order valence-corrected chi connectivity index (χ0v) is 19.0. The molecule has 1 heterocycles. The van der Waals surface area contributed by atoms with Crippen molar-refractivity contribution >= 4 is 38.2 Å². The van der Waals surface area contributed by atoms with Crippen LogP contribution in [0.1, 0.15) is 47.8 Å². The minimum absolute atomic E-state index is 0.208. The largest absolute Gasteiger partial charge is 0.490 e. The van der Waals surface area contributed by atoms with Crippen molar-refractivity contribution in [3.8, 4) is 16.9 Å². The zero-order chi connectivity index (χ0) is 22.1. The van der Waals surface area contributed by atoms with E-state index in [1.165, 1.54) is 23.6 Å². The fourth-order valence-electron chi connectivity index (χ4n) is 4.70. The van der Waals surface area contributed by atoms with Crippen LogP contribution in [-0.2, 0) is 11.3 Å². The Kier molecular flexibility index (Phi) is 5.85. The van der Waals surface area contributed by atoms with Gasteiger partial charge in [-0.2, -0.15) is 0 Å². The number of hydrogen-bond donors (Lipinski definition) is 1. The highest BCUT2D eigenvalue weighted by molar-refractivity contribution is 7.19. The molecule has 0 atom stereocenters. The van der Waals surface area contributed by atoms with Crippen LogP contribution in [0.4, 0.5) is 0 Å². The molecule has 0 amide bonds. The Morgan fingerprint density at radius 2 is 1.81 bits per heavy atom. The maximum absolute atomic E-state index is 12.8. The fourth-order valence-corrected chi connectivity index (χ4v) is 5.79. The molecule has 1 aromatic heterocycles. The summed E-state index contributed by atoms with van der Waals surface area (Å²) in [5.74, 6) is 0.511. The molecular weight excluding hydrogens is 418 g/mol. The predicted octanol–water partition coefficient (Wildman–Crippen LogP) is 6.68. The maximum atomic E-state index is 12.8. The monoisotopic (exact) mass is 445 g/mol. The quantitative estimate of drug-likeness (QED) is 0.336. The summed E-state index contributed by atoms with van der Waals surface area (Å²) in [4.78, 5) is 13.6. The minimum atomic E-state index is -0.316. The fraction of sp³-hybridized carbons (Fsp3) is 0.296. The third-order valence-electron chi connectivity index (χ3n) is 6.20. The first-order valence-corrected chi connectivity index (χ1v) is 12.1. The molecule has 2 N–H and O–H groups in total. The summed E-state index contributed by atoms with van der Waals surface area (Å²) in [7, 11) is 0. The Bertz CT molecular complexity index is 1280. The Labute approximate surface area is 191 Å². The number of fused-ring (bicyclic) bond motifs is 2. The Balaban J connectivity index is 1.74. The average Bonchev–Trinajstić information content (AvgIpc) is 3.45. The highest BCUT2D eigenvalue weighted by atomic mass is 32.1. The van der Waals surface area contributed by atoms with Crippen LogP contribution < -0.4 is 10.5 Å². The summed E-state index contributed by atoms with van der Waals surface area (Å²) in [6.07, 6.45) is 4.73. The van der Waals surface area contributed by atoms with Crippen LogP contribution in [0.2, 0.25) is 0 Å². The third kappa shape index (κ3) is 3.76. The number of carbonyl (C=O) groups excluding carboxylic acids is 1. The zero-order valence-electron chi connectivity index (χ0n) is 18.2. The van der Waals surface area contributed by atoms with Gasteiger partial charge in [0.05, 0.1) is 18.3 Å². The number of rotatable bonds is 6. The number of ether oxygens (including phenoxy) is 2. The molecule has 1 fully saturated rings. The highest BCUT2D eigenvalue weighted by Gasteiger charge is 2.24. The Morgan fingerprint density at radius 3 is 2.59 bits per heavy atom. The number of carbonyl (C=O) groups is 1. The first-order chi connectivity index (χ1) is 15.7. The Hall–Kier alpha value is -2.89. The van der Waals surface area contributed by atoms with Crippen molar-refractivity contribution < 1.29 is 14.3 Å². The molecule has 0 radical (unpaired) electrons. The summed E-state index contributed by atoms with van der Waals surface area (Å²) in [5, 5.41) is 3.25. The van der Waals surface area contributed by atoms with Crippen molar-refractivity contribution in [2.75, 3.05) is 6.61 Å². The lowest BCUT2D eigenvalue weighted by Crippen LogP contribution is -2.12. The standard InChI is InChI=1S/C27H27NO3S/c1-2-30-27(29)26-22-14-23(31-18-10-4-5-11-18)21(15-24(22)32-25(26)16-28)20-13-7-9-17-8-3-6-12-19(17)20/h3,6-9,12-15,18H,2,4-5,10-11,16,28H2,1H3. The van der Waals surface area contributed by atoms with Gasteiger partial charge < -0.3 is 15.2 Å². The van der Waals surface area contributed by atoms with Gasteiger partial charge in [-0.25, -0.2) is 4.79 Å². The van der Waals surface area contributed by atoms with Gasteiger partial charge in [0.25, 0.3) is 0 Å². The first-order valence-electron chi connectivity index (χ1n) is 11.3. The van der Waals surface area contributed by atoms with Crippen LogP contribution in [0, 0.1) is 0 Å². The molecule has 0 unspecified atom stereocenters. The van der Waals surface area contributed by atoms with Crippen molar-refractivity contribution in [2.45, 2.75) is 45.3 Å². The molecule has 0 bridgehead atoms. The summed E-state index contributed by atoms with van der Waals surface area (Å²) >= 11 is 1.56. The second-order valence-corrected chi connectivity index (χ2v) is 9.36. The summed E-state index contributed by atoms with van der Waals surface area (Å²) in [6, 6.07) is 19.0. The van der Waals surface area contributed by atoms with Gasteiger partial charge in [-0.05, 0) is 61.1 Å². The molecule has 4 aromatic rings. The van der Waals surface area contributed by atoms with E-state index < -0.39 is 0 Å². The van der Waals surface area contributed by atoms with Crippen LogP contribution >= 0.6 is 11.3 Å². The van der Waals surface area contributed by atoms with Gasteiger partial charge in [0, 0.05) is 27.1 Å². The van der Waals surface area contributed by atoms with Crippen LogP contribution in [0.25, 0.3) is 32.0 Å². The molecule has 4 nitrogen and oxygen atoms in total. The highest BCUT2D eigenvalue weighted by Crippen LogP contribution is 2.43. The lowest BCUT2D eigenvalue weighted by atomic mass is 9.96. The van der Waals surface area contributed by atoms with E-state index in [1.807, 2.05) is 13.0 Å². The molecule has 5 heteroatoms. The third-order valence-corrected chi connectivity index (χ3v) is 7.38. The van der Waals surface area contributed by atoms with E-state index in [4.69, 9.17) is 15.2 Å². The van der Waals surface area contributed by atoms with Gasteiger partial charge in [-0.3, -0.25) is 0 Å². The second kappa shape index (κ2) is 8.93. The SMILES string of the molecule is CCOC(=O)c1c(CN)sc2cc(-c3cccc4ccccc34)c(OC3CCCC3)cc12. The maximum Gasteiger partial charge on any atom is 0.339 e. The van der Waals surface area contributed by atoms with Crippen molar-refractivity contribution in [1.29, 1.82) is 0 Å². The smallest absolute Gasteiger partial charge is 0.339 e. The van der Waals surface area contributed by atoms with Gasteiger partial charge in [0.2, 0.25) is 0 Å². The van der Waals surface area contributed by atoms with Crippen molar-refractivity contribution in [1.82, 2.24) is 0 Å². The van der Waals surface area contributed by atoms with E-state index >= 15 is 0 Å². The molecule has 1 aliphatic rings. The van der Waals surface area contributed by atoms with E-state index in [0.29, 0.717) is 18.7 Å². The van der Waals surface area contributed by atoms with Crippen molar-refractivity contribution in [3.05, 3.63) is 65.0 Å². The Morgan fingerprint density at radius 1 is 1.03 bits per heavy atom. The molecule has 5 rings (SSSR count). The molecule has 164 valence electrons. The second-order valence-electron chi connectivity index (χ2n) is 8.22. The van der Waals surface area contributed by atoms with E-state index in [-0.39, 0.29) is 12.1 Å². The predicted molar refractivity (Wildman–Crippen MR) is 131 cm³/mol. The van der Waals surface area contributed by atoms with E-state index in [1.54, 1.807) is 11.3 Å². The van der Waals surface area contributed by atoms with Gasteiger partial charge in [0.1, 0.15) is 5.75 Å². The lowest BCUT2D eigenvalue weighted by Gasteiger charge is -2.18. The normalized spacial score (nSPS) is 14.3. The van der Waals surface area contributed by atoms with E-state index in [2.05, 4.69) is 48.5 Å².